The summed E-state index contributed by atoms with van der Waals surface area (Å²) in [6.45, 7) is 3.71. The van der Waals surface area contributed by atoms with Gasteiger partial charge in [-0.05, 0) is 38.1 Å². The fourth-order valence-corrected chi connectivity index (χ4v) is 2.33. The van der Waals surface area contributed by atoms with E-state index < -0.39 is 0 Å². The molecule has 0 fully saturated rings. The summed E-state index contributed by atoms with van der Waals surface area (Å²) < 4.78 is 0.917. The Balaban J connectivity index is 2.49. The average Bonchev–Trinajstić information content (AvgIpc) is 2.33. The Bertz CT molecular complexity index is 677. The van der Waals surface area contributed by atoms with Crippen LogP contribution in [0.5, 0.6) is 0 Å². The van der Waals surface area contributed by atoms with Gasteiger partial charge in [-0.3, -0.25) is 4.98 Å². The van der Waals surface area contributed by atoms with Crippen LogP contribution in [-0.2, 0) is 0 Å². The lowest BCUT2D eigenvalue weighted by Gasteiger charge is -2.12. The van der Waals surface area contributed by atoms with E-state index in [1.165, 1.54) is 0 Å². The molecule has 2 aromatic rings. The van der Waals surface area contributed by atoms with Crippen LogP contribution in [0, 0.1) is 25.2 Å². The molecule has 96 valence electrons. The predicted octanol–water partition coefficient (Wildman–Crippen LogP) is 4.73. The fourth-order valence-electron chi connectivity index (χ4n) is 1.81. The molecule has 2 rings (SSSR count). The second-order valence-electron chi connectivity index (χ2n) is 4.13. The Morgan fingerprint density at radius 1 is 1.26 bits per heavy atom. The smallest absolute Gasteiger partial charge is 0.103 e. The van der Waals surface area contributed by atoms with Gasteiger partial charge in [0.25, 0.3) is 0 Å². The van der Waals surface area contributed by atoms with Crippen molar-refractivity contribution in [3.63, 3.8) is 0 Å². The SMILES string of the molecule is Cc1cc(Nc2cc(Br)ccc2Cl)c(C#N)c(C)n1. The summed E-state index contributed by atoms with van der Waals surface area (Å²) in [4.78, 5) is 4.28. The summed E-state index contributed by atoms with van der Waals surface area (Å²) in [5, 5.41) is 13.0. The maximum Gasteiger partial charge on any atom is 0.103 e. The molecule has 0 bridgehead atoms. The first-order valence-electron chi connectivity index (χ1n) is 5.61. The maximum atomic E-state index is 9.22. The number of pyridine rings is 1. The van der Waals surface area contributed by atoms with Crippen LogP contribution in [0.15, 0.2) is 28.7 Å². The van der Waals surface area contributed by atoms with Crippen LogP contribution in [0.4, 0.5) is 11.4 Å². The number of rotatable bonds is 2. The first kappa shape index (κ1) is 13.9. The standard InChI is InChI=1S/C14H11BrClN3/c1-8-5-13(11(7-17)9(2)18-8)19-14-6-10(15)3-4-12(14)16/h3-6H,1-2H3,(H,18,19). The van der Waals surface area contributed by atoms with Crippen molar-refractivity contribution in [2.45, 2.75) is 13.8 Å². The van der Waals surface area contributed by atoms with Gasteiger partial charge in [0.2, 0.25) is 0 Å². The van der Waals surface area contributed by atoms with Gasteiger partial charge in [-0.15, -0.1) is 0 Å². The molecule has 5 heteroatoms. The molecule has 0 aliphatic carbocycles. The van der Waals surface area contributed by atoms with E-state index in [1.807, 2.05) is 32.0 Å². The van der Waals surface area contributed by atoms with E-state index in [9.17, 15) is 5.26 Å². The Hall–Kier alpha value is -1.57. The first-order valence-corrected chi connectivity index (χ1v) is 6.79. The number of benzene rings is 1. The van der Waals surface area contributed by atoms with E-state index in [-0.39, 0.29) is 0 Å². The normalized spacial score (nSPS) is 10.1. The number of halogens is 2. The highest BCUT2D eigenvalue weighted by molar-refractivity contribution is 9.10. The van der Waals surface area contributed by atoms with E-state index in [0.717, 1.165) is 15.9 Å². The van der Waals surface area contributed by atoms with E-state index in [0.29, 0.717) is 22.0 Å². The summed E-state index contributed by atoms with van der Waals surface area (Å²) in [5.74, 6) is 0. The molecule has 1 aromatic heterocycles. The number of nitrogens with one attached hydrogen (secondary N) is 1. The van der Waals surface area contributed by atoms with Crippen LogP contribution in [0.25, 0.3) is 0 Å². The fraction of sp³-hybridized carbons (Fsp3) is 0.143. The molecule has 0 saturated heterocycles. The maximum absolute atomic E-state index is 9.22. The van der Waals surface area contributed by atoms with Gasteiger partial charge in [0.1, 0.15) is 6.07 Å². The topological polar surface area (TPSA) is 48.7 Å². The van der Waals surface area contributed by atoms with Crippen molar-refractivity contribution < 1.29 is 0 Å². The van der Waals surface area contributed by atoms with Crippen LogP contribution >= 0.6 is 27.5 Å². The third-order valence-electron chi connectivity index (χ3n) is 2.64. The second kappa shape index (κ2) is 5.60. The number of aryl methyl sites for hydroxylation is 2. The van der Waals surface area contributed by atoms with Gasteiger partial charge < -0.3 is 5.32 Å². The molecule has 0 atom stereocenters. The minimum absolute atomic E-state index is 0.529. The van der Waals surface area contributed by atoms with Crippen LogP contribution < -0.4 is 5.32 Å². The van der Waals surface area contributed by atoms with Gasteiger partial charge in [0, 0.05) is 10.2 Å². The van der Waals surface area contributed by atoms with Crippen molar-refractivity contribution in [2.75, 3.05) is 5.32 Å². The lowest BCUT2D eigenvalue weighted by Crippen LogP contribution is -2.00. The molecule has 0 aliphatic heterocycles. The van der Waals surface area contributed by atoms with Gasteiger partial charge in [-0.1, -0.05) is 27.5 Å². The molecule has 0 spiro atoms. The van der Waals surface area contributed by atoms with Gasteiger partial charge in [0.15, 0.2) is 0 Å². The highest BCUT2D eigenvalue weighted by Crippen LogP contribution is 2.30. The third-order valence-corrected chi connectivity index (χ3v) is 3.46. The zero-order valence-corrected chi connectivity index (χ0v) is 12.8. The second-order valence-corrected chi connectivity index (χ2v) is 5.46. The molecule has 1 N–H and O–H groups in total. The number of nitriles is 1. The summed E-state index contributed by atoms with van der Waals surface area (Å²) in [6.07, 6.45) is 0. The number of hydrogen-bond donors (Lipinski definition) is 1. The van der Waals surface area contributed by atoms with Crippen LogP contribution in [0.3, 0.4) is 0 Å². The molecule has 1 heterocycles. The van der Waals surface area contributed by atoms with Gasteiger partial charge in [-0.2, -0.15) is 5.26 Å². The molecule has 0 radical (unpaired) electrons. The zero-order chi connectivity index (χ0) is 14.0. The third kappa shape index (κ3) is 3.06. The molecule has 0 aliphatic rings. The number of nitrogens with zero attached hydrogens (tertiary/aromatic N) is 2. The first-order chi connectivity index (χ1) is 9.01. The number of hydrogen-bond acceptors (Lipinski definition) is 3. The van der Waals surface area contributed by atoms with Crippen molar-refractivity contribution in [1.82, 2.24) is 4.98 Å². The minimum atomic E-state index is 0.529. The van der Waals surface area contributed by atoms with Gasteiger partial charge >= 0.3 is 0 Å². The van der Waals surface area contributed by atoms with Crippen molar-refractivity contribution >= 4 is 38.9 Å². The predicted molar refractivity (Wildman–Crippen MR) is 80.9 cm³/mol. The Kier molecular flexibility index (Phi) is 4.08. The number of aromatic nitrogens is 1. The molecule has 0 unspecified atom stereocenters. The van der Waals surface area contributed by atoms with Crippen molar-refractivity contribution in [1.29, 1.82) is 5.26 Å². The minimum Gasteiger partial charge on any atom is -0.353 e. The zero-order valence-electron chi connectivity index (χ0n) is 10.5. The molecular formula is C14H11BrClN3. The highest BCUT2D eigenvalue weighted by atomic mass is 79.9. The monoisotopic (exact) mass is 335 g/mol. The van der Waals surface area contributed by atoms with E-state index in [1.54, 1.807) is 6.07 Å². The molecule has 19 heavy (non-hydrogen) atoms. The lowest BCUT2D eigenvalue weighted by atomic mass is 10.1. The molecular weight excluding hydrogens is 326 g/mol. The van der Waals surface area contributed by atoms with E-state index >= 15 is 0 Å². The Morgan fingerprint density at radius 3 is 2.68 bits per heavy atom. The van der Waals surface area contributed by atoms with Gasteiger partial charge in [0.05, 0.1) is 27.7 Å². The van der Waals surface area contributed by atoms with Crippen molar-refractivity contribution in [2.24, 2.45) is 0 Å². The van der Waals surface area contributed by atoms with E-state index in [4.69, 9.17) is 11.6 Å². The van der Waals surface area contributed by atoms with Crippen LogP contribution in [-0.4, -0.2) is 4.98 Å². The van der Waals surface area contributed by atoms with Crippen LogP contribution in [0.2, 0.25) is 5.02 Å². The molecule has 1 aromatic carbocycles. The summed E-state index contributed by atoms with van der Waals surface area (Å²) in [5.41, 5.74) is 3.55. The number of anilines is 2. The summed E-state index contributed by atoms with van der Waals surface area (Å²) in [6, 6.07) is 9.53. The van der Waals surface area contributed by atoms with Crippen molar-refractivity contribution in [3.05, 3.63) is 50.7 Å². The Labute approximate surface area is 125 Å². The summed E-state index contributed by atoms with van der Waals surface area (Å²) >= 11 is 9.54. The largest absolute Gasteiger partial charge is 0.353 e. The van der Waals surface area contributed by atoms with E-state index in [2.05, 4.69) is 32.3 Å². The average molecular weight is 337 g/mol. The molecule has 0 amide bonds. The lowest BCUT2D eigenvalue weighted by molar-refractivity contribution is 1.11. The molecule has 0 saturated carbocycles. The highest BCUT2D eigenvalue weighted by Gasteiger charge is 2.10. The molecule has 3 nitrogen and oxygen atoms in total. The summed E-state index contributed by atoms with van der Waals surface area (Å²) in [7, 11) is 0. The Morgan fingerprint density at radius 2 is 2.00 bits per heavy atom. The van der Waals surface area contributed by atoms with Gasteiger partial charge in [-0.25, -0.2) is 0 Å². The van der Waals surface area contributed by atoms with Crippen molar-refractivity contribution in [3.8, 4) is 6.07 Å². The van der Waals surface area contributed by atoms with Crippen LogP contribution in [0.1, 0.15) is 17.0 Å². The quantitative estimate of drug-likeness (QED) is 0.862.